The average molecular weight is 491 g/mol. The van der Waals surface area contributed by atoms with Crippen LogP contribution < -0.4 is 4.74 Å². The van der Waals surface area contributed by atoms with Crippen molar-refractivity contribution < 1.29 is 32.2 Å². The molecule has 1 aromatic rings. The normalized spacial score (nSPS) is 20.2. The largest absolute Gasteiger partial charge is 0.468 e. The van der Waals surface area contributed by atoms with Crippen LogP contribution in [0.3, 0.4) is 0 Å². The van der Waals surface area contributed by atoms with Gasteiger partial charge in [0.15, 0.2) is 12.4 Å². The topological polar surface area (TPSA) is 68.7 Å². The predicted octanol–water partition coefficient (Wildman–Crippen LogP) is 4.66. The molecule has 0 aromatic carbocycles. The number of ketones is 1. The fourth-order valence-electron chi connectivity index (χ4n) is 4.66. The number of carbonyl (C=O) groups is 2. The maximum Gasteiger partial charge on any atom is 0.422 e. The molecule has 1 aliphatic carbocycles. The van der Waals surface area contributed by atoms with E-state index in [9.17, 15) is 22.8 Å². The molecule has 0 radical (unpaired) electrons. The zero-order chi connectivity index (χ0) is 25.3. The predicted molar refractivity (Wildman–Crippen MR) is 123 cm³/mol. The molecular weight excluding hydrogens is 461 g/mol. The number of aromatic nitrogens is 1. The Morgan fingerprint density at radius 3 is 2.69 bits per heavy atom. The quantitative estimate of drug-likeness (QED) is 0.530. The molecule has 1 saturated heterocycles. The van der Waals surface area contributed by atoms with Crippen LogP contribution in [0.4, 0.5) is 13.2 Å². The highest BCUT2D eigenvalue weighted by atomic mass is 19.4. The maximum absolute atomic E-state index is 13.3. The van der Waals surface area contributed by atoms with Gasteiger partial charge in [-0.3, -0.25) is 9.59 Å². The molecule has 1 aromatic heterocycles. The van der Waals surface area contributed by atoms with Gasteiger partial charge in [0.1, 0.15) is 0 Å². The van der Waals surface area contributed by atoms with E-state index in [0.717, 1.165) is 12.0 Å². The van der Waals surface area contributed by atoms with E-state index in [0.29, 0.717) is 47.8 Å². The van der Waals surface area contributed by atoms with E-state index in [1.54, 1.807) is 24.0 Å². The summed E-state index contributed by atoms with van der Waals surface area (Å²) in [7, 11) is 0. The monoisotopic (exact) mass is 490 g/mol. The number of aryl methyl sites for hydroxylation is 1. The van der Waals surface area contributed by atoms with E-state index in [-0.39, 0.29) is 30.0 Å². The van der Waals surface area contributed by atoms with E-state index in [1.165, 1.54) is 6.20 Å². The highest BCUT2D eigenvalue weighted by Crippen LogP contribution is 2.36. The second-order valence-electron chi connectivity index (χ2n) is 9.46. The van der Waals surface area contributed by atoms with Crippen LogP contribution in [0.1, 0.15) is 43.9 Å². The van der Waals surface area contributed by atoms with Gasteiger partial charge in [0, 0.05) is 41.3 Å². The Morgan fingerprint density at radius 2 is 2.06 bits per heavy atom. The molecular formula is C26H29F3N2O4. The summed E-state index contributed by atoms with van der Waals surface area (Å²) >= 11 is 0. The van der Waals surface area contributed by atoms with Crippen molar-refractivity contribution in [3.8, 4) is 5.88 Å². The van der Waals surface area contributed by atoms with Crippen molar-refractivity contribution in [2.45, 2.75) is 45.8 Å². The molecule has 2 unspecified atom stereocenters. The van der Waals surface area contributed by atoms with Crippen LogP contribution in [-0.4, -0.2) is 54.1 Å². The van der Waals surface area contributed by atoms with Gasteiger partial charge in [-0.25, -0.2) is 4.98 Å². The van der Waals surface area contributed by atoms with Crippen LogP contribution in [0, 0.1) is 18.8 Å². The lowest BCUT2D eigenvalue weighted by molar-refractivity contribution is -0.154. The first-order valence-corrected chi connectivity index (χ1v) is 11.7. The third kappa shape index (κ3) is 5.50. The molecule has 6 nitrogen and oxygen atoms in total. The summed E-state index contributed by atoms with van der Waals surface area (Å²) in [5, 5.41) is 0. The van der Waals surface area contributed by atoms with E-state index in [2.05, 4.69) is 4.98 Å². The fourth-order valence-corrected chi connectivity index (χ4v) is 4.66. The van der Waals surface area contributed by atoms with E-state index < -0.39 is 18.8 Å². The SMILES string of the molecule is Cc1cc(C(C)N2CC3=C(C=CCC=C3C(=O)C(C)CC3COC3)C2=O)cnc1OCC(F)(F)F. The van der Waals surface area contributed by atoms with Crippen molar-refractivity contribution in [1.82, 2.24) is 9.88 Å². The zero-order valence-corrected chi connectivity index (χ0v) is 20.0. The Kier molecular flexibility index (Phi) is 7.17. The molecule has 3 heterocycles. The minimum absolute atomic E-state index is 0.0408. The van der Waals surface area contributed by atoms with Crippen molar-refractivity contribution in [1.29, 1.82) is 0 Å². The molecule has 0 saturated carbocycles. The summed E-state index contributed by atoms with van der Waals surface area (Å²) in [6, 6.07) is 1.28. The first kappa shape index (κ1) is 25.2. The summed E-state index contributed by atoms with van der Waals surface area (Å²) in [6.07, 6.45) is 3.88. The van der Waals surface area contributed by atoms with Crippen LogP contribution in [0.25, 0.3) is 0 Å². The number of nitrogens with zero attached hydrogens (tertiary/aromatic N) is 2. The highest BCUT2D eigenvalue weighted by Gasteiger charge is 2.37. The summed E-state index contributed by atoms with van der Waals surface area (Å²) < 4.78 is 47.5. The van der Waals surface area contributed by atoms with Crippen molar-refractivity contribution in [2.24, 2.45) is 11.8 Å². The Balaban J connectivity index is 1.50. The average Bonchev–Trinajstić information content (AvgIpc) is 2.95. The zero-order valence-electron chi connectivity index (χ0n) is 20.0. The molecule has 2 atom stereocenters. The number of pyridine rings is 1. The van der Waals surface area contributed by atoms with Gasteiger partial charge in [-0.05, 0) is 43.9 Å². The summed E-state index contributed by atoms with van der Waals surface area (Å²) in [4.78, 5) is 32.4. The van der Waals surface area contributed by atoms with Crippen molar-refractivity contribution in [2.75, 3.05) is 26.4 Å². The minimum atomic E-state index is -4.45. The number of Topliss-reactive ketones (excluding diaryl/α,β-unsaturated/α-hetero) is 1. The number of ether oxygens (including phenoxy) is 2. The summed E-state index contributed by atoms with van der Waals surface area (Å²) in [5.41, 5.74) is 2.97. The molecule has 0 bridgehead atoms. The molecule has 3 aliphatic rings. The van der Waals surface area contributed by atoms with Crippen molar-refractivity contribution >= 4 is 11.7 Å². The Labute approximate surface area is 202 Å². The first-order valence-electron chi connectivity index (χ1n) is 11.7. The lowest BCUT2D eigenvalue weighted by Gasteiger charge is -2.28. The highest BCUT2D eigenvalue weighted by molar-refractivity contribution is 6.08. The summed E-state index contributed by atoms with van der Waals surface area (Å²) in [5.74, 6) is -0.00446. The van der Waals surface area contributed by atoms with Gasteiger partial charge < -0.3 is 14.4 Å². The first-order chi connectivity index (χ1) is 16.5. The van der Waals surface area contributed by atoms with E-state index in [1.807, 2.05) is 26.0 Å². The number of carbonyl (C=O) groups excluding carboxylic acids is 2. The number of halogens is 3. The van der Waals surface area contributed by atoms with Crippen molar-refractivity contribution in [3.05, 3.63) is 58.3 Å². The molecule has 4 rings (SSSR count). The number of hydrogen-bond donors (Lipinski definition) is 0. The molecule has 2 aliphatic heterocycles. The van der Waals surface area contributed by atoms with Crippen LogP contribution >= 0.6 is 0 Å². The third-order valence-electron chi connectivity index (χ3n) is 6.69. The van der Waals surface area contributed by atoms with Gasteiger partial charge in [0.25, 0.3) is 5.91 Å². The Hall–Kier alpha value is -2.94. The standard InChI is InChI=1S/C26H29F3N2O4/c1-15(8-18-12-34-13-18)23(32)20-6-4-5-7-21-22(20)11-31(25(21)33)17(3)19-9-16(2)24(30-10-19)35-14-26(27,28)29/h5-7,9-10,15,17-18H,4,8,11-14H2,1-3H3. The van der Waals surface area contributed by atoms with Crippen LogP contribution in [0.5, 0.6) is 5.88 Å². The molecule has 9 heteroatoms. The molecule has 1 fully saturated rings. The molecule has 1 amide bonds. The van der Waals surface area contributed by atoms with Crippen LogP contribution in [0.15, 0.2) is 47.2 Å². The number of amides is 1. The number of allylic oxidation sites excluding steroid dienone is 2. The Morgan fingerprint density at radius 1 is 1.31 bits per heavy atom. The third-order valence-corrected chi connectivity index (χ3v) is 6.69. The lowest BCUT2D eigenvalue weighted by atomic mass is 9.85. The van der Waals surface area contributed by atoms with Crippen LogP contribution in [0.2, 0.25) is 0 Å². The Bertz CT molecular complexity index is 1100. The second kappa shape index (κ2) is 9.97. The minimum Gasteiger partial charge on any atom is -0.468 e. The molecule has 0 N–H and O–H groups in total. The number of alkyl halides is 3. The van der Waals surface area contributed by atoms with Crippen molar-refractivity contribution in [3.63, 3.8) is 0 Å². The van der Waals surface area contributed by atoms with Crippen LogP contribution in [-0.2, 0) is 14.3 Å². The van der Waals surface area contributed by atoms with Gasteiger partial charge in [-0.2, -0.15) is 13.2 Å². The second-order valence-corrected chi connectivity index (χ2v) is 9.46. The van der Waals surface area contributed by atoms with Gasteiger partial charge in [0.2, 0.25) is 5.88 Å². The van der Waals surface area contributed by atoms with Gasteiger partial charge in [-0.15, -0.1) is 0 Å². The van der Waals surface area contributed by atoms with Gasteiger partial charge >= 0.3 is 6.18 Å². The van der Waals surface area contributed by atoms with E-state index >= 15 is 0 Å². The molecule has 188 valence electrons. The van der Waals surface area contributed by atoms with Gasteiger partial charge in [0.05, 0.1) is 19.3 Å². The van der Waals surface area contributed by atoms with E-state index in [4.69, 9.17) is 9.47 Å². The smallest absolute Gasteiger partial charge is 0.422 e. The fraction of sp³-hybridized carbons (Fsp3) is 0.500. The molecule has 35 heavy (non-hydrogen) atoms. The van der Waals surface area contributed by atoms with Gasteiger partial charge in [-0.1, -0.05) is 25.2 Å². The molecule has 0 spiro atoms. The lowest BCUT2D eigenvalue weighted by Crippen LogP contribution is -2.32. The summed E-state index contributed by atoms with van der Waals surface area (Å²) in [6.45, 7) is 5.61. The maximum atomic E-state index is 13.3. The number of hydrogen-bond acceptors (Lipinski definition) is 5. The number of rotatable bonds is 8.